The highest BCUT2D eigenvalue weighted by Crippen LogP contribution is 2.40. The van der Waals surface area contributed by atoms with Gasteiger partial charge in [0.15, 0.2) is 5.78 Å². The third kappa shape index (κ3) is 4.62. The van der Waals surface area contributed by atoms with Crippen LogP contribution in [0, 0.1) is 11.7 Å². The highest BCUT2D eigenvalue weighted by atomic mass is 19.1. The molecule has 0 bridgehead atoms. The number of hydrogen-bond acceptors (Lipinski definition) is 4. The van der Waals surface area contributed by atoms with Gasteiger partial charge in [0.05, 0.1) is 14.2 Å². The van der Waals surface area contributed by atoms with E-state index in [-0.39, 0.29) is 23.6 Å². The molecule has 31 heavy (non-hydrogen) atoms. The lowest BCUT2D eigenvalue weighted by Crippen LogP contribution is -2.28. The van der Waals surface area contributed by atoms with Crippen LogP contribution in [0.15, 0.2) is 72.8 Å². The lowest BCUT2D eigenvalue weighted by Gasteiger charge is -2.28. The van der Waals surface area contributed by atoms with Gasteiger partial charge in [0.2, 0.25) is 0 Å². The van der Waals surface area contributed by atoms with Gasteiger partial charge in [-0.05, 0) is 72.6 Å². The van der Waals surface area contributed by atoms with Crippen molar-refractivity contribution in [2.45, 2.75) is 19.0 Å². The normalized spacial score (nSPS) is 18.7. The van der Waals surface area contributed by atoms with Gasteiger partial charge in [0.25, 0.3) is 0 Å². The van der Waals surface area contributed by atoms with Crippen molar-refractivity contribution >= 4 is 5.78 Å². The Kier molecular flexibility index (Phi) is 6.33. The molecule has 1 heterocycles. The summed E-state index contributed by atoms with van der Waals surface area (Å²) >= 11 is 0. The third-order valence-electron chi connectivity index (χ3n) is 5.97. The van der Waals surface area contributed by atoms with E-state index in [0.29, 0.717) is 12.1 Å². The lowest BCUT2D eigenvalue weighted by molar-refractivity contribution is 0.0878. The molecule has 3 aromatic carbocycles. The number of carbonyl (C=O) groups is 1. The number of benzene rings is 3. The van der Waals surface area contributed by atoms with Gasteiger partial charge in [-0.2, -0.15) is 0 Å². The first-order valence-electron chi connectivity index (χ1n) is 10.4. The molecule has 160 valence electrons. The number of halogens is 1. The zero-order valence-corrected chi connectivity index (χ0v) is 17.8. The Bertz CT molecular complexity index is 1020. The fourth-order valence-corrected chi connectivity index (χ4v) is 4.35. The van der Waals surface area contributed by atoms with Crippen LogP contribution in [0.2, 0.25) is 0 Å². The number of likely N-dealkylation sites (tertiary alicyclic amines) is 1. The summed E-state index contributed by atoms with van der Waals surface area (Å²) in [6.07, 6.45) is 0.753. The van der Waals surface area contributed by atoms with Crippen molar-refractivity contribution in [3.05, 3.63) is 95.3 Å². The molecule has 0 unspecified atom stereocenters. The van der Waals surface area contributed by atoms with Crippen molar-refractivity contribution in [1.29, 1.82) is 0 Å². The van der Waals surface area contributed by atoms with Crippen molar-refractivity contribution in [3.63, 3.8) is 0 Å². The van der Waals surface area contributed by atoms with Crippen LogP contribution in [-0.2, 0) is 6.54 Å². The number of methoxy groups -OCH3 is 2. The van der Waals surface area contributed by atoms with Gasteiger partial charge in [0, 0.05) is 24.1 Å². The Hall–Kier alpha value is -3.18. The van der Waals surface area contributed by atoms with Gasteiger partial charge in [-0.3, -0.25) is 9.69 Å². The first-order chi connectivity index (χ1) is 15.1. The van der Waals surface area contributed by atoms with Gasteiger partial charge in [0.1, 0.15) is 17.3 Å². The molecular formula is C26H26FNO3. The average molecular weight is 419 g/mol. The van der Waals surface area contributed by atoms with Gasteiger partial charge >= 0.3 is 0 Å². The summed E-state index contributed by atoms with van der Waals surface area (Å²) in [4.78, 5) is 15.7. The molecule has 0 spiro atoms. The average Bonchev–Trinajstić information content (AvgIpc) is 3.23. The van der Waals surface area contributed by atoms with Crippen LogP contribution in [0.25, 0.3) is 0 Å². The fraction of sp³-hybridized carbons (Fsp3) is 0.269. The second kappa shape index (κ2) is 9.31. The van der Waals surface area contributed by atoms with Gasteiger partial charge in [-0.25, -0.2) is 4.39 Å². The van der Waals surface area contributed by atoms with Crippen molar-refractivity contribution in [2.24, 2.45) is 5.92 Å². The maximum Gasteiger partial charge on any atom is 0.167 e. The minimum absolute atomic E-state index is 0.106. The molecule has 5 heteroatoms. The molecule has 4 rings (SSSR count). The van der Waals surface area contributed by atoms with Crippen LogP contribution in [0.4, 0.5) is 4.39 Å². The summed E-state index contributed by atoms with van der Waals surface area (Å²) < 4.78 is 24.0. The van der Waals surface area contributed by atoms with E-state index in [1.807, 2.05) is 48.5 Å². The van der Waals surface area contributed by atoms with E-state index < -0.39 is 0 Å². The number of nitrogens with zero attached hydrogens (tertiary/aromatic N) is 1. The zero-order valence-electron chi connectivity index (χ0n) is 17.8. The van der Waals surface area contributed by atoms with E-state index >= 15 is 0 Å². The first kappa shape index (κ1) is 21.1. The summed E-state index contributed by atoms with van der Waals surface area (Å²) in [6, 6.07) is 21.6. The number of carbonyl (C=O) groups excluding carboxylic acids is 1. The smallest absolute Gasteiger partial charge is 0.167 e. The Morgan fingerprint density at radius 3 is 2.06 bits per heavy atom. The van der Waals surface area contributed by atoms with Gasteiger partial charge in [-0.15, -0.1) is 0 Å². The van der Waals surface area contributed by atoms with Crippen LogP contribution in [0.5, 0.6) is 11.5 Å². The van der Waals surface area contributed by atoms with Crippen molar-refractivity contribution in [3.8, 4) is 11.5 Å². The largest absolute Gasteiger partial charge is 0.497 e. The highest BCUT2D eigenvalue weighted by molar-refractivity contribution is 5.98. The van der Waals surface area contributed by atoms with E-state index in [1.165, 1.54) is 12.1 Å². The molecule has 0 radical (unpaired) electrons. The van der Waals surface area contributed by atoms with Crippen molar-refractivity contribution in [2.75, 3.05) is 20.8 Å². The molecule has 0 saturated carbocycles. The SMILES string of the molecule is COc1ccc(CN2CC[C@@H](C(=O)c3ccc(OC)cc3)[C@@H]2c2ccc(F)cc2)cc1. The van der Waals surface area contributed by atoms with E-state index in [9.17, 15) is 9.18 Å². The topological polar surface area (TPSA) is 38.8 Å². The molecule has 0 aromatic heterocycles. The first-order valence-corrected chi connectivity index (χ1v) is 10.4. The monoisotopic (exact) mass is 419 g/mol. The van der Waals surface area contributed by atoms with E-state index in [4.69, 9.17) is 9.47 Å². The maximum atomic E-state index is 13.6. The number of hydrogen-bond donors (Lipinski definition) is 0. The van der Waals surface area contributed by atoms with E-state index in [2.05, 4.69) is 4.90 Å². The van der Waals surface area contributed by atoms with Crippen LogP contribution in [0.1, 0.15) is 33.9 Å². The quantitative estimate of drug-likeness (QED) is 0.488. The van der Waals surface area contributed by atoms with Crippen LogP contribution >= 0.6 is 0 Å². The minimum Gasteiger partial charge on any atom is -0.497 e. The third-order valence-corrected chi connectivity index (χ3v) is 5.97. The van der Waals surface area contributed by atoms with Gasteiger partial charge in [-0.1, -0.05) is 24.3 Å². The maximum absolute atomic E-state index is 13.6. The van der Waals surface area contributed by atoms with Crippen LogP contribution in [0.3, 0.4) is 0 Å². The van der Waals surface area contributed by atoms with E-state index in [1.54, 1.807) is 26.4 Å². The molecule has 0 amide bonds. The molecule has 1 saturated heterocycles. The Morgan fingerprint density at radius 2 is 1.48 bits per heavy atom. The molecule has 4 nitrogen and oxygen atoms in total. The minimum atomic E-state index is -0.276. The number of ketones is 1. The van der Waals surface area contributed by atoms with Crippen LogP contribution in [-0.4, -0.2) is 31.4 Å². The Morgan fingerprint density at radius 1 is 0.903 bits per heavy atom. The fourth-order valence-electron chi connectivity index (χ4n) is 4.35. The van der Waals surface area contributed by atoms with Crippen LogP contribution < -0.4 is 9.47 Å². The van der Waals surface area contributed by atoms with Gasteiger partial charge < -0.3 is 9.47 Å². The van der Waals surface area contributed by atoms with E-state index in [0.717, 1.165) is 35.6 Å². The summed E-state index contributed by atoms with van der Waals surface area (Å²) in [7, 11) is 3.25. The molecule has 0 N–H and O–H groups in total. The van der Waals surface area contributed by atoms with Crippen molar-refractivity contribution < 1.29 is 18.7 Å². The highest BCUT2D eigenvalue weighted by Gasteiger charge is 2.39. The predicted octanol–water partition coefficient (Wildman–Crippen LogP) is 5.29. The molecule has 3 aromatic rings. The molecule has 2 atom stereocenters. The molecule has 1 fully saturated rings. The number of rotatable bonds is 7. The Labute approximate surface area is 182 Å². The second-order valence-electron chi connectivity index (χ2n) is 7.80. The summed E-state index contributed by atoms with van der Waals surface area (Å²) in [5, 5.41) is 0. The lowest BCUT2D eigenvalue weighted by atomic mass is 9.87. The molecule has 0 aliphatic carbocycles. The summed E-state index contributed by atoms with van der Waals surface area (Å²) in [6.45, 7) is 1.50. The zero-order chi connectivity index (χ0) is 21.8. The van der Waals surface area contributed by atoms with Crippen molar-refractivity contribution in [1.82, 2.24) is 4.90 Å². The second-order valence-corrected chi connectivity index (χ2v) is 7.80. The summed E-state index contributed by atoms with van der Waals surface area (Å²) in [5.74, 6) is 1.17. The number of Topliss-reactive ketones (excluding diaryl/α,β-unsaturated/α-hetero) is 1. The molecular weight excluding hydrogens is 393 g/mol. The molecule has 1 aliphatic heterocycles. The number of ether oxygens (including phenoxy) is 2. The summed E-state index contributed by atoms with van der Waals surface area (Å²) in [5.41, 5.74) is 2.77. The molecule has 1 aliphatic rings. The standard InChI is InChI=1S/C26H26FNO3/c1-30-22-11-3-18(4-12-22)17-28-16-15-24(25(28)19-5-9-21(27)10-6-19)26(29)20-7-13-23(31-2)14-8-20/h3-14,24-25H,15-17H2,1-2H3/t24-,25+/m1/s1. The predicted molar refractivity (Wildman–Crippen MR) is 118 cm³/mol. The Balaban J connectivity index is 1.62.